The molecule has 0 radical (unpaired) electrons. The molecule has 0 saturated heterocycles. The molecular weight excluding hydrogens is 386 g/mol. The Morgan fingerprint density at radius 1 is 1.29 bits per heavy atom. The minimum absolute atomic E-state index is 0.0629. The van der Waals surface area contributed by atoms with Crippen molar-refractivity contribution < 1.29 is 28.6 Å². The summed E-state index contributed by atoms with van der Waals surface area (Å²) < 4.78 is 32.0. The molecule has 3 fully saturated rings. The number of rotatable bonds is 1. The van der Waals surface area contributed by atoms with E-state index in [1.807, 2.05) is 0 Å². The number of allylic oxidation sites excluding steroid dienone is 4. The minimum atomic E-state index is -2.20. The van der Waals surface area contributed by atoms with Crippen LogP contribution in [0, 0.1) is 28.6 Å². The van der Waals surface area contributed by atoms with Crippen LogP contribution < -0.4 is 0 Å². The van der Waals surface area contributed by atoms with E-state index in [1.165, 1.54) is 19.1 Å². The molecule has 4 unspecified atom stereocenters. The van der Waals surface area contributed by atoms with Gasteiger partial charge in [0.2, 0.25) is 5.12 Å². The van der Waals surface area contributed by atoms with E-state index in [1.54, 1.807) is 13.8 Å². The van der Waals surface area contributed by atoms with Crippen molar-refractivity contribution in [1.82, 2.24) is 0 Å². The van der Waals surface area contributed by atoms with Crippen LogP contribution in [0.1, 0.15) is 40.0 Å². The molecule has 9 atom stereocenters. The molecule has 0 spiro atoms. The smallest absolute Gasteiger partial charge is 0.218 e. The topological polar surface area (TPSA) is 74.6 Å². The molecule has 28 heavy (non-hydrogen) atoms. The first kappa shape index (κ1) is 20.2. The van der Waals surface area contributed by atoms with Crippen molar-refractivity contribution in [3.63, 3.8) is 0 Å². The van der Waals surface area contributed by atoms with Crippen LogP contribution in [-0.2, 0) is 9.59 Å². The molecule has 0 aromatic carbocycles. The molecule has 0 amide bonds. The predicted molar refractivity (Wildman–Crippen MR) is 102 cm³/mol. The van der Waals surface area contributed by atoms with Gasteiger partial charge in [0.05, 0.1) is 6.10 Å². The highest BCUT2D eigenvalue weighted by molar-refractivity contribution is 7.96. The van der Waals surface area contributed by atoms with Gasteiger partial charge in [-0.1, -0.05) is 19.9 Å². The number of halogens is 2. The summed E-state index contributed by atoms with van der Waals surface area (Å²) in [6.45, 7) is 4.92. The standard InChI is InChI=1S/C21H26F2O4S/c1-10-6-12-13-8-15(22)14-7-11(24)4-5-18(14,2)20(13,23)16(25)9-19(12,3)21(10,27)17(26)28/h4-5,7,10,12-13,15-16,25,27H,6,8-9H2,1-3H3,(H,26,28)/t10-,12+,13?,15+,16?,18?,19?,20+,21+/m1/s1. The number of fused-ring (bicyclic) bond motifs is 5. The Morgan fingerprint density at radius 2 is 1.93 bits per heavy atom. The van der Waals surface area contributed by atoms with Gasteiger partial charge in [-0.2, -0.15) is 0 Å². The quantitative estimate of drug-likeness (QED) is 0.579. The number of carbonyl (C=O) groups excluding carboxylic acids is 2. The van der Waals surface area contributed by atoms with Crippen LogP contribution in [0.3, 0.4) is 0 Å². The summed E-state index contributed by atoms with van der Waals surface area (Å²) in [5.74, 6) is -2.29. The highest BCUT2D eigenvalue weighted by Gasteiger charge is 2.76. The van der Waals surface area contributed by atoms with Crippen LogP contribution in [-0.4, -0.2) is 44.7 Å². The molecule has 3 saturated carbocycles. The van der Waals surface area contributed by atoms with Crippen LogP contribution in [0.4, 0.5) is 8.78 Å². The Morgan fingerprint density at radius 3 is 2.54 bits per heavy atom. The summed E-state index contributed by atoms with van der Waals surface area (Å²) in [7, 11) is 0. The number of ketones is 1. The lowest BCUT2D eigenvalue weighted by atomic mass is 9.44. The monoisotopic (exact) mass is 412 g/mol. The third kappa shape index (κ3) is 2.03. The van der Waals surface area contributed by atoms with E-state index in [-0.39, 0.29) is 18.4 Å². The predicted octanol–water partition coefficient (Wildman–Crippen LogP) is 2.74. The van der Waals surface area contributed by atoms with E-state index in [0.29, 0.717) is 6.42 Å². The van der Waals surface area contributed by atoms with Crippen molar-refractivity contribution in [2.75, 3.05) is 0 Å². The summed E-state index contributed by atoms with van der Waals surface area (Å²) >= 11 is 3.90. The van der Waals surface area contributed by atoms with Crippen LogP contribution in [0.2, 0.25) is 0 Å². The maximum atomic E-state index is 16.8. The van der Waals surface area contributed by atoms with Crippen molar-refractivity contribution >= 4 is 23.5 Å². The van der Waals surface area contributed by atoms with E-state index < -0.39 is 63.0 Å². The summed E-state index contributed by atoms with van der Waals surface area (Å²) in [4.78, 5) is 24.1. The summed E-state index contributed by atoms with van der Waals surface area (Å²) in [5.41, 5.74) is -6.53. The van der Waals surface area contributed by atoms with Crippen molar-refractivity contribution in [1.29, 1.82) is 0 Å². The Balaban J connectivity index is 1.88. The van der Waals surface area contributed by atoms with E-state index in [0.717, 1.165) is 6.08 Å². The van der Waals surface area contributed by atoms with Crippen LogP contribution >= 0.6 is 12.6 Å². The zero-order valence-electron chi connectivity index (χ0n) is 16.2. The molecule has 4 rings (SSSR count). The lowest BCUT2D eigenvalue weighted by Gasteiger charge is -2.62. The molecule has 4 aliphatic carbocycles. The lowest BCUT2D eigenvalue weighted by molar-refractivity contribution is -0.221. The van der Waals surface area contributed by atoms with Gasteiger partial charge in [0.1, 0.15) is 11.8 Å². The Kier molecular flexibility index (Phi) is 4.16. The van der Waals surface area contributed by atoms with E-state index in [4.69, 9.17) is 0 Å². The molecule has 4 aliphatic rings. The number of aliphatic hydroxyl groups excluding tert-OH is 1. The molecule has 0 aliphatic heterocycles. The number of aliphatic hydroxyl groups is 2. The molecule has 154 valence electrons. The first-order valence-electron chi connectivity index (χ1n) is 9.76. The van der Waals surface area contributed by atoms with E-state index in [9.17, 15) is 19.8 Å². The van der Waals surface area contributed by atoms with Crippen molar-refractivity contribution in [3.05, 3.63) is 23.8 Å². The van der Waals surface area contributed by atoms with Gasteiger partial charge in [-0.25, -0.2) is 8.78 Å². The maximum absolute atomic E-state index is 16.8. The number of hydrogen-bond donors (Lipinski definition) is 3. The van der Waals surface area contributed by atoms with Gasteiger partial charge in [0, 0.05) is 16.7 Å². The molecule has 2 N–H and O–H groups in total. The Hall–Kier alpha value is -1.05. The van der Waals surface area contributed by atoms with Crippen molar-refractivity contribution in [3.8, 4) is 0 Å². The number of thiol groups is 1. The van der Waals surface area contributed by atoms with Gasteiger partial charge >= 0.3 is 0 Å². The van der Waals surface area contributed by atoms with E-state index >= 15 is 8.78 Å². The van der Waals surface area contributed by atoms with Gasteiger partial charge in [-0.3, -0.25) is 9.59 Å². The number of carbonyl (C=O) groups is 2. The second-order valence-corrected chi connectivity index (χ2v) is 9.97. The summed E-state index contributed by atoms with van der Waals surface area (Å²) in [6, 6.07) is 0. The van der Waals surface area contributed by atoms with Crippen LogP contribution in [0.5, 0.6) is 0 Å². The van der Waals surface area contributed by atoms with Gasteiger partial charge < -0.3 is 10.2 Å². The van der Waals surface area contributed by atoms with Crippen LogP contribution in [0.15, 0.2) is 23.8 Å². The fourth-order valence-electron chi connectivity index (χ4n) is 7.00. The van der Waals surface area contributed by atoms with Gasteiger partial charge in [-0.15, -0.1) is 12.6 Å². The highest BCUT2D eigenvalue weighted by Crippen LogP contribution is 2.71. The summed E-state index contributed by atoms with van der Waals surface area (Å²) in [5, 5.41) is 21.6. The Bertz CT molecular complexity index is 827. The summed E-state index contributed by atoms with van der Waals surface area (Å²) in [6.07, 6.45) is 0.703. The second-order valence-electron chi connectivity index (χ2n) is 9.57. The SMILES string of the molecule is C[C@@H]1C[C@H]2C3C[C@H](F)C4=CC(=O)C=CC4(C)[C@@]3(F)C(O)CC2(C)[C@@]1(O)C(=O)S. The third-order valence-electron chi connectivity index (χ3n) is 8.54. The van der Waals surface area contributed by atoms with Crippen molar-refractivity contribution in [2.24, 2.45) is 28.6 Å². The van der Waals surface area contributed by atoms with Crippen LogP contribution in [0.25, 0.3) is 0 Å². The number of hydrogen-bond acceptors (Lipinski definition) is 4. The average molecular weight is 412 g/mol. The zero-order chi connectivity index (χ0) is 20.9. The molecule has 0 bridgehead atoms. The van der Waals surface area contributed by atoms with Gasteiger partial charge in [-0.05, 0) is 55.7 Å². The molecule has 7 heteroatoms. The maximum Gasteiger partial charge on any atom is 0.218 e. The lowest BCUT2D eigenvalue weighted by Crippen LogP contribution is -2.70. The fraction of sp³-hybridized carbons (Fsp3) is 0.714. The third-order valence-corrected chi connectivity index (χ3v) is 8.88. The normalized spacial score (nSPS) is 55.2. The number of alkyl halides is 2. The van der Waals surface area contributed by atoms with Gasteiger partial charge in [0.15, 0.2) is 11.5 Å². The molecule has 4 nitrogen and oxygen atoms in total. The van der Waals surface area contributed by atoms with Crippen molar-refractivity contribution in [2.45, 2.75) is 63.6 Å². The molecule has 0 aromatic rings. The fourth-order valence-corrected chi connectivity index (χ4v) is 7.47. The second kappa shape index (κ2) is 5.76. The Labute approximate surface area is 168 Å². The zero-order valence-corrected chi connectivity index (χ0v) is 17.0. The molecular formula is C21H26F2O4S. The van der Waals surface area contributed by atoms with Gasteiger partial charge in [0.25, 0.3) is 0 Å². The van der Waals surface area contributed by atoms with E-state index in [2.05, 4.69) is 12.6 Å². The first-order valence-corrected chi connectivity index (χ1v) is 10.2. The first-order chi connectivity index (χ1) is 12.8. The molecule has 0 aromatic heterocycles. The average Bonchev–Trinajstić information content (AvgIpc) is 2.81. The highest BCUT2D eigenvalue weighted by atomic mass is 32.1. The minimum Gasteiger partial charge on any atom is -0.390 e. The largest absolute Gasteiger partial charge is 0.390 e. The molecule has 0 heterocycles.